The van der Waals surface area contributed by atoms with Crippen LogP contribution < -0.4 is 0 Å². The minimum absolute atomic E-state index is 0.446. The van der Waals surface area contributed by atoms with E-state index in [4.69, 9.17) is 0 Å². The van der Waals surface area contributed by atoms with Crippen molar-refractivity contribution in [3.8, 4) is 0 Å². The second kappa shape index (κ2) is 2.56. The second-order valence-corrected chi connectivity index (χ2v) is 3.48. The summed E-state index contributed by atoms with van der Waals surface area (Å²) in [5.41, 5.74) is 0.417. The van der Waals surface area contributed by atoms with E-state index in [1.54, 1.807) is 12.4 Å². The molecule has 1 heterocycles. The van der Waals surface area contributed by atoms with Gasteiger partial charge in [0.1, 0.15) is 0 Å². The molecule has 0 aliphatic heterocycles. The predicted molar refractivity (Wildman–Crippen MR) is 46.5 cm³/mol. The Morgan fingerprint density at radius 2 is 2.58 bits per heavy atom. The van der Waals surface area contributed by atoms with Crippen LogP contribution in [0.25, 0.3) is 0 Å². The van der Waals surface area contributed by atoms with Gasteiger partial charge < -0.3 is 5.11 Å². The summed E-state index contributed by atoms with van der Waals surface area (Å²) in [4.78, 5) is 4.00. The number of nitrogens with zero attached hydrogens (tertiary/aromatic N) is 1. The van der Waals surface area contributed by atoms with Gasteiger partial charge in [0.15, 0.2) is 0 Å². The number of aliphatic hydroxyl groups is 1. The molecule has 1 aliphatic carbocycles. The third-order valence-electron chi connectivity index (χ3n) is 2.73. The molecule has 1 aliphatic rings. The van der Waals surface area contributed by atoms with Gasteiger partial charge in [-0.2, -0.15) is 0 Å². The fourth-order valence-corrected chi connectivity index (χ4v) is 1.77. The first-order valence-electron chi connectivity index (χ1n) is 4.40. The zero-order valence-electron chi connectivity index (χ0n) is 7.20. The first-order chi connectivity index (χ1) is 5.77. The highest BCUT2D eigenvalue weighted by Crippen LogP contribution is 2.53. The van der Waals surface area contributed by atoms with Crippen molar-refractivity contribution in [3.05, 3.63) is 30.1 Å². The van der Waals surface area contributed by atoms with Crippen molar-refractivity contribution in [1.29, 1.82) is 0 Å². The van der Waals surface area contributed by atoms with Gasteiger partial charge in [0.2, 0.25) is 0 Å². The highest BCUT2D eigenvalue weighted by atomic mass is 16.3. The summed E-state index contributed by atoms with van der Waals surface area (Å²) in [7, 11) is 0. The molecule has 2 atom stereocenters. The summed E-state index contributed by atoms with van der Waals surface area (Å²) < 4.78 is 0. The van der Waals surface area contributed by atoms with Crippen molar-refractivity contribution < 1.29 is 5.11 Å². The second-order valence-electron chi connectivity index (χ2n) is 3.48. The molecule has 12 heavy (non-hydrogen) atoms. The Balaban J connectivity index is 2.23. The smallest absolute Gasteiger partial charge is 0.0944 e. The highest BCUT2D eigenvalue weighted by Gasteiger charge is 2.52. The number of hydrogen-bond donors (Lipinski definition) is 1. The Morgan fingerprint density at radius 1 is 1.75 bits per heavy atom. The van der Waals surface area contributed by atoms with Gasteiger partial charge in [0.25, 0.3) is 0 Å². The SMILES string of the molecule is CCC1CC1(O)c1cccnc1. The molecule has 0 radical (unpaired) electrons. The largest absolute Gasteiger partial charge is 0.385 e. The lowest BCUT2D eigenvalue weighted by Crippen LogP contribution is -2.08. The molecule has 2 nitrogen and oxygen atoms in total. The van der Waals surface area contributed by atoms with Crippen LogP contribution in [0.1, 0.15) is 25.3 Å². The van der Waals surface area contributed by atoms with Crippen LogP contribution in [0.4, 0.5) is 0 Å². The molecule has 0 bridgehead atoms. The lowest BCUT2D eigenvalue weighted by Gasteiger charge is -2.08. The molecule has 1 aromatic rings. The summed E-state index contributed by atoms with van der Waals surface area (Å²) in [6.45, 7) is 2.11. The third-order valence-corrected chi connectivity index (χ3v) is 2.73. The first-order valence-corrected chi connectivity index (χ1v) is 4.40. The molecule has 1 fully saturated rings. The summed E-state index contributed by atoms with van der Waals surface area (Å²) >= 11 is 0. The van der Waals surface area contributed by atoms with Gasteiger partial charge in [-0.25, -0.2) is 0 Å². The van der Waals surface area contributed by atoms with Crippen LogP contribution in [0.15, 0.2) is 24.5 Å². The van der Waals surface area contributed by atoms with Crippen molar-refractivity contribution >= 4 is 0 Å². The van der Waals surface area contributed by atoms with Crippen molar-refractivity contribution in [2.75, 3.05) is 0 Å². The zero-order valence-corrected chi connectivity index (χ0v) is 7.20. The Morgan fingerprint density at radius 3 is 3.08 bits per heavy atom. The first kappa shape index (κ1) is 7.74. The van der Waals surface area contributed by atoms with E-state index in [1.807, 2.05) is 12.1 Å². The van der Waals surface area contributed by atoms with E-state index >= 15 is 0 Å². The van der Waals surface area contributed by atoms with Crippen molar-refractivity contribution in [2.45, 2.75) is 25.4 Å². The molecule has 1 N–H and O–H groups in total. The van der Waals surface area contributed by atoms with E-state index in [0.717, 1.165) is 18.4 Å². The van der Waals surface area contributed by atoms with Crippen molar-refractivity contribution in [1.82, 2.24) is 4.98 Å². The molecule has 2 rings (SSSR count). The molecule has 0 amide bonds. The van der Waals surface area contributed by atoms with Gasteiger partial charge in [0.05, 0.1) is 5.60 Å². The van der Waals surface area contributed by atoms with Crippen LogP contribution in [0.3, 0.4) is 0 Å². The highest BCUT2D eigenvalue weighted by molar-refractivity contribution is 5.26. The molecule has 0 spiro atoms. The topological polar surface area (TPSA) is 33.1 Å². The van der Waals surface area contributed by atoms with Crippen LogP contribution in [0.2, 0.25) is 0 Å². The van der Waals surface area contributed by atoms with Gasteiger partial charge in [0, 0.05) is 18.0 Å². The fraction of sp³-hybridized carbons (Fsp3) is 0.500. The minimum Gasteiger partial charge on any atom is -0.385 e. The Hall–Kier alpha value is -0.890. The predicted octanol–water partition coefficient (Wildman–Crippen LogP) is 1.70. The van der Waals surface area contributed by atoms with E-state index in [1.165, 1.54) is 0 Å². The minimum atomic E-state index is -0.553. The van der Waals surface area contributed by atoms with E-state index in [0.29, 0.717) is 5.92 Å². The van der Waals surface area contributed by atoms with E-state index < -0.39 is 5.60 Å². The molecule has 2 unspecified atom stereocenters. The van der Waals surface area contributed by atoms with Gasteiger partial charge in [-0.1, -0.05) is 19.4 Å². The Bertz CT molecular complexity index is 272. The van der Waals surface area contributed by atoms with Gasteiger partial charge in [-0.05, 0) is 18.4 Å². The fourth-order valence-electron chi connectivity index (χ4n) is 1.77. The van der Waals surface area contributed by atoms with E-state index in [-0.39, 0.29) is 0 Å². The average molecular weight is 163 g/mol. The summed E-state index contributed by atoms with van der Waals surface area (Å²) in [6.07, 6.45) is 5.44. The Kier molecular flexibility index (Phi) is 1.65. The van der Waals surface area contributed by atoms with E-state index in [9.17, 15) is 5.11 Å². The van der Waals surface area contributed by atoms with Gasteiger partial charge in [-0.15, -0.1) is 0 Å². The van der Waals surface area contributed by atoms with Crippen molar-refractivity contribution in [3.63, 3.8) is 0 Å². The number of rotatable bonds is 2. The van der Waals surface area contributed by atoms with Gasteiger partial charge in [-0.3, -0.25) is 4.98 Å². The molecule has 64 valence electrons. The van der Waals surface area contributed by atoms with Crippen LogP contribution in [0.5, 0.6) is 0 Å². The summed E-state index contributed by atoms with van der Waals surface area (Å²) in [5, 5.41) is 10.0. The molecule has 0 saturated heterocycles. The van der Waals surface area contributed by atoms with Crippen molar-refractivity contribution in [2.24, 2.45) is 5.92 Å². The molecule has 1 saturated carbocycles. The number of hydrogen-bond acceptors (Lipinski definition) is 2. The van der Waals surface area contributed by atoms with E-state index in [2.05, 4.69) is 11.9 Å². The third kappa shape index (κ3) is 1.03. The maximum atomic E-state index is 10.0. The lowest BCUT2D eigenvalue weighted by atomic mass is 10.1. The monoisotopic (exact) mass is 163 g/mol. The molecule has 2 heteroatoms. The van der Waals surface area contributed by atoms with Crippen LogP contribution in [-0.4, -0.2) is 10.1 Å². The molecule has 0 aromatic carbocycles. The zero-order chi connectivity index (χ0) is 8.60. The standard InChI is InChI=1S/C10H13NO/c1-2-8-6-10(8,12)9-4-3-5-11-7-9/h3-5,7-8,12H,2,6H2,1H3. The number of pyridine rings is 1. The average Bonchev–Trinajstić information content (AvgIpc) is 2.81. The van der Waals surface area contributed by atoms with Crippen LogP contribution in [-0.2, 0) is 5.60 Å². The van der Waals surface area contributed by atoms with Gasteiger partial charge >= 0.3 is 0 Å². The maximum absolute atomic E-state index is 10.0. The summed E-state index contributed by atoms with van der Waals surface area (Å²) in [5.74, 6) is 0.446. The quantitative estimate of drug-likeness (QED) is 0.719. The number of aromatic nitrogens is 1. The van der Waals surface area contributed by atoms with Crippen LogP contribution >= 0.6 is 0 Å². The Labute approximate surface area is 72.3 Å². The summed E-state index contributed by atoms with van der Waals surface area (Å²) in [6, 6.07) is 3.82. The molecule has 1 aromatic heterocycles. The maximum Gasteiger partial charge on any atom is 0.0944 e. The van der Waals surface area contributed by atoms with Crippen LogP contribution in [0, 0.1) is 5.92 Å². The molecular formula is C10H13NO. The molecular weight excluding hydrogens is 150 g/mol. The normalized spacial score (nSPS) is 33.3. The lowest BCUT2D eigenvalue weighted by molar-refractivity contribution is 0.130.